The second-order valence-electron chi connectivity index (χ2n) is 7.13. The predicted octanol–water partition coefficient (Wildman–Crippen LogP) is 2.01. The maximum absolute atomic E-state index is 12.8. The Kier molecular flexibility index (Phi) is 5.18. The fraction of sp³-hybridized carbons (Fsp3) is 0.250. The van der Waals surface area contributed by atoms with Crippen molar-refractivity contribution in [3.8, 4) is 0 Å². The average Bonchev–Trinajstić information content (AvgIpc) is 2.66. The van der Waals surface area contributed by atoms with Crippen molar-refractivity contribution in [1.29, 1.82) is 0 Å². The van der Waals surface area contributed by atoms with E-state index < -0.39 is 33.9 Å². The highest BCUT2D eigenvalue weighted by molar-refractivity contribution is 7.90. The zero-order valence-corrected chi connectivity index (χ0v) is 16.9. The Labute approximate surface area is 168 Å². The summed E-state index contributed by atoms with van der Waals surface area (Å²) in [6, 6.07) is 12.1. The van der Waals surface area contributed by atoms with E-state index in [1.165, 1.54) is 29.2 Å². The lowest BCUT2D eigenvalue weighted by atomic mass is 9.96. The van der Waals surface area contributed by atoms with Crippen LogP contribution in [0.5, 0.6) is 0 Å². The number of amides is 2. The van der Waals surface area contributed by atoms with E-state index in [9.17, 15) is 22.8 Å². The Morgan fingerprint density at radius 3 is 2.31 bits per heavy atom. The summed E-state index contributed by atoms with van der Waals surface area (Å²) in [5.74, 6) is -1.68. The third-order valence-electron chi connectivity index (χ3n) is 4.60. The first-order valence-corrected chi connectivity index (χ1v) is 10.6. The molecule has 3 rings (SSSR count). The van der Waals surface area contributed by atoms with Gasteiger partial charge in [-0.25, -0.2) is 13.2 Å². The number of esters is 1. The number of para-hydroxylation sites is 2. The van der Waals surface area contributed by atoms with Gasteiger partial charge in [-0.05, 0) is 50.2 Å². The van der Waals surface area contributed by atoms with Crippen molar-refractivity contribution in [1.82, 2.24) is 0 Å². The predicted molar refractivity (Wildman–Crippen MR) is 106 cm³/mol. The SMILES string of the molecule is CC1(C)C(=O)Nc2ccccc2N1C(=O)COC(=O)c1ccc(S(C)(=O)=O)cc1. The van der Waals surface area contributed by atoms with Crippen molar-refractivity contribution in [3.63, 3.8) is 0 Å². The van der Waals surface area contributed by atoms with E-state index in [0.717, 1.165) is 6.26 Å². The molecule has 152 valence electrons. The number of carbonyl (C=O) groups is 3. The van der Waals surface area contributed by atoms with Crippen LogP contribution in [0.2, 0.25) is 0 Å². The minimum absolute atomic E-state index is 0.0720. The maximum atomic E-state index is 12.8. The molecule has 0 unspecified atom stereocenters. The number of fused-ring (bicyclic) bond motifs is 1. The van der Waals surface area contributed by atoms with Crippen molar-refractivity contribution < 1.29 is 27.5 Å². The highest BCUT2D eigenvalue weighted by Crippen LogP contribution is 2.36. The molecule has 0 aliphatic carbocycles. The van der Waals surface area contributed by atoms with Crippen LogP contribution in [0.25, 0.3) is 0 Å². The van der Waals surface area contributed by atoms with Crippen LogP contribution in [0.3, 0.4) is 0 Å². The number of rotatable bonds is 4. The van der Waals surface area contributed by atoms with Gasteiger partial charge >= 0.3 is 5.97 Å². The molecule has 1 heterocycles. The molecule has 2 aromatic rings. The fourth-order valence-corrected chi connectivity index (χ4v) is 3.64. The molecule has 0 saturated heterocycles. The molecule has 0 spiro atoms. The Morgan fingerprint density at radius 1 is 1.07 bits per heavy atom. The lowest BCUT2D eigenvalue weighted by Gasteiger charge is -2.41. The summed E-state index contributed by atoms with van der Waals surface area (Å²) in [6.45, 7) is 2.63. The zero-order valence-electron chi connectivity index (χ0n) is 16.1. The quantitative estimate of drug-likeness (QED) is 0.764. The number of nitrogens with one attached hydrogen (secondary N) is 1. The van der Waals surface area contributed by atoms with E-state index >= 15 is 0 Å². The van der Waals surface area contributed by atoms with Gasteiger partial charge in [0, 0.05) is 6.26 Å². The molecular weight excluding hydrogens is 396 g/mol. The fourth-order valence-electron chi connectivity index (χ4n) is 3.01. The van der Waals surface area contributed by atoms with Crippen LogP contribution in [0.15, 0.2) is 53.4 Å². The first-order valence-electron chi connectivity index (χ1n) is 8.72. The molecule has 1 aliphatic rings. The van der Waals surface area contributed by atoms with E-state index in [1.807, 2.05) is 0 Å². The number of anilines is 2. The summed E-state index contributed by atoms with van der Waals surface area (Å²) < 4.78 is 28.1. The van der Waals surface area contributed by atoms with Gasteiger partial charge in [0.25, 0.3) is 5.91 Å². The number of hydrogen-bond donors (Lipinski definition) is 1. The van der Waals surface area contributed by atoms with Crippen LogP contribution in [0.4, 0.5) is 11.4 Å². The zero-order chi connectivity index (χ0) is 21.4. The van der Waals surface area contributed by atoms with E-state index in [1.54, 1.807) is 38.1 Å². The lowest BCUT2D eigenvalue weighted by Crippen LogP contribution is -2.59. The number of hydrogen-bond acceptors (Lipinski definition) is 6. The first kappa shape index (κ1) is 20.5. The number of sulfone groups is 1. The van der Waals surface area contributed by atoms with E-state index in [4.69, 9.17) is 4.74 Å². The minimum atomic E-state index is -3.38. The Balaban J connectivity index is 1.76. The lowest BCUT2D eigenvalue weighted by molar-refractivity contribution is -0.128. The summed E-state index contributed by atoms with van der Waals surface area (Å²) in [6.07, 6.45) is 1.06. The van der Waals surface area contributed by atoms with Crippen molar-refractivity contribution in [2.75, 3.05) is 23.1 Å². The van der Waals surface area contributed by atoms with Crippen LogP contribution >= 0.6 is 0 Å². The largest absolute Gasteiger partial charge is 0.452 e. The Hall–Kier alpha value is -3.20. The third-order valence-corrected chi connectivity index (χ3v) is 5.73. The second kappa shape index (κ2) is 7.32. The number of nitrogens with zero attached hydrogens (tertiary/aromatic N) is 1. The molecule has 1 N–H and O–H groups in total. The van der Waals surface area contributed by atoms with Gasteiger partial charge in [-0.2, -0.15) is 0 Å². The second-order valence-corrected chi connectivity index (χ2v) is 9.15. The Morgan fingerprint density at radius 2 is 1.69 bits per heavy atom. The van der Waals surface area contributed by atoms with Gasteiger partial charge in [0.1, 0.15) is 5.54 Å². The number of ether oxygens (including phenoxy) is 1. The summed E-state index contributed by atoms with van der Waals surface area (Å²) in [5, 5.41) is 2.75. The van der Waals surface area contributed by atoms with Crippen molar-refractivity contribution >= 4 is 39.0 Å². The minimum Gasteiger partial charge on any atom is -0.452 e. The van der Waals surface area contributed by atoms with Crippen LogP contribution < -0.4 is 10.2 Å². The van der Waals surface area contributed by atoms with Crippen LogP contribution in [-0.4, -0.2) is 44.6 Å². The standard InChI is InChI=1S/C20H20N2O6S/c1-20(2)19(25)21-15-6-4-5-7-16(15)22(20)17(23)12-28-18(24)13-8-10-14(11-9-13)29(3,26)27/h4-11H,12H2,1-3H3,(H,21,25). The van der Waals surface area contributed by atoms with Gasteiger partial charge in [0.2, 0.25) is 5.91 Å². The highest BCUT2D eigenvalue weighted by atomic mass is 32.2. The molecule has 29 heavy (non-hydrogen) atoms. The monoisotopic (exact) mass is 416 g/mol. The van der Waals surface area contributed by atoms with E-state index in [-0.39, 0.29) is 16.4 Å². The van der Waals surface area contributed by atoms with Gasteiger partial charge < -0.3 is 10.1 Å². The molecule has 0 bridgehead atoms. The molecule has 8 nitrogen and oxygen atoms in total. The summed E-state index contributed by atoms with van der Waals surface area (Å²) >= 11 is 0. The smallest absolute Gasteiger partial charge is 0.338 e. The summed E-state index contributed by atoms with van der Waals surface area (Å²) in [5.41, 5.74) is -0.0561. The average molecular weight is 416 g/mol. The van der Waals surface area contributed by atoms with Gasteiger partial charge in [0.15, 0.2) is 16.4 Å². The summed E-state index contributed by atoms with van der Waals surface area (Å²) in [7, 11) is -3.38. The maximum Gasteiger partial charge on any atom is 0.338 e. The van der Waals surface area contributed by atoms with Gasteiger partial charge in [0.05, 0.1) is 21.8 Å². The van der Waals surface area contributed by atoms with Crippen molar-refractivity contribution in [2.24, 2.45) is 0 Å². The molecule has 0 saturated carbocycles. The van der Waals surface area contributed by atoms with Crippen LogP contribution in [0.1, 0.15) is 24.2 Å². The number of benzene rings is 2. The molecule has 1 aliphatic heterocycles. The molecule has 2 amide bonds. The summed E-state index contributed by atoms with van der Waals surface area (Å²) in [4.78, 5) is 38.9. The molecular formula is C20H20N2O6S. The van der Waals surface area contributed by atoms with Crippen molar-refractivity contribution in [2.45, 2.75) is 24.3 Å². The van der Waals surface area contributed by atoms with Gasteiger partial charge in [-0.15, -0.1) is 0 Å². The molecule has 9 heteroatoms. The normalized spacial score (nSPS) is 15.3. The molecule has 0 aromatic heterocycles. The number of carbonyl (C=O) groups excluding carboxylic acids is 3. The topological polar surface area (TPSA) is 110 Å². The third kappa shape index (κ3) is 4.00. The first-order chi connectivity index (χ1) is 13.5. The van der Waals surface area contributed by atoms with Crippen LogP contribution in [-0.2, 0) is 24.2 Å². The molecule has 0 atom stereocenters. The molecule has 0 fully saturated rings. The van der Waals surface area contributed by atoms with E-state index in [2.05, 4.69) is 5.32 Å². The van der Waals surface area contributed by atoms with E-state index in [0.29, 0.717) is 11.4 Å². The molecule has 2 aromatic carbocycles. The molecule has 0 radical (unpaired) electrons. The van der Waals surface area contributed by atoms with Gasteiger partial charge in [-0.3, -0.25) is 14.5 Å². The highest BCUT2D eigenvalue weighted by Gasteiger charge is 2.43. The van der Waals surface area contributed by atoms with Crippen LogP contribution in [0, 0.1) is 0 Å². The van der Waals surface area contributed by atoms with Crippen molar-refractivity contribution in [3.05, 3.63) is 54.1 Å². The van der Waals surface area contributed by atoms with Gasteiger partial charge in [-0.1, -0.05) is 12.1 Å². The Bertz CT molecular complexity index is 1090.